The first-order valence-corrected chi connectivity index (χ1v) is 15.6. The lowest BCUT2D eigenvalue weighted by Gasteiger charge is -2.11. The van der Waals surface area contributed by atoms with E-state index in [4.69, 9.17) is 30.5 Å². The number of fused-ring (bicyclic) bond motifs is 10. The third-order valence-electron chi connectivity index (χ3n) is 8.06. The number of nitrogens with zero attached hydrogens (tertiary/aromatic N) is 4. The van der Waals surface area contributed by atoms with Gasteiger partial charge in [0.25, 0.3) is 0 Å². The number of hydrogen-bond acceptors (Lipinski definition) is 5. The van der Waals surface area contributed by atoms with E-state index in [9.17, 15) is 9.60 Å². The summed E-state index contributed by atoms with van der Waals surface area (Å²) in [5.41, 5.74) is -4.82. The maximum Gasteiger partial charge on any atom is 0.238 e. The van der Waals surface area contributed by atoms with Crippen LogP contribution in [0.2, 0.25) is 0 Å². The molecule has 0 radical (unpaired) electrons. The van der Waals surface area contributed by atoms with Gasteiger partial charge in [-0.15, -0.1) is 11.3 Å². The zero-order valence-electron chi connectivity index (χ0n) is 51.1. The van der Waals surface area contributed by atoms with Crippen LogP contribution < -0.4 is 0 Å². The van der Waals surface area contributed by atoms with Gasteiger partial charge in [-0.1, -0.05) is 121 Å². The van der Waals surface area contributed by atoms with E-state index in [2.05, 4.69) is 15.0 Å². The normalized spacial score (nSPS) is 19.1. The Morgan fingerprint density at radius 3 is 2.04 bits per heavy atom. The molecule has 11 aromatic rings. The summed E-state index contributed by atoms with van der Waals surface area (Å²) in [7, 11) is 0. The third-order valence-corrected chi connectivity index (χ3v) is 9.19. The van der Waals surface area contributed by atoms with Crippen LogP contribution in [0.15, 0.2) is 162 Å². The Morgan fingerprint density at radius 2 is 1.20 bits per heavy atom. The van der Waals surface area contributed by atoms with E-state index in [0.29, 0.717) is 0 Å². The fraction of sp³-hybridized carbons (Fsp3) is 0. The molecule has 0 bridgehead atoms. The van der Waals surface area contributed by atoms with Crippen LogP contribution in [0.25, 0.3) is 104 Å². The van der Waals surface area contributed by atoms with Crippen LogP contribution in [-0.2, 0) is 0 Å². The SMILES string of the molecule is [2H]c1c([2H])c([2H])c(-c2nc(-c3c([2H])c([2H])c4c(oc5c([2H])c([2H])c([2H])c(-c6c([2H])c([2H])c([2H])c([2H])c6[2H])c54)c3[2H])nc(-n3c4c([2H])c([2H])c([2H])c([2H])c4c4c5sc6c([2H])c([2H])c([2H])c([2H])c6c5c([2H])c([2H])c43)n2)c([2H])c1[2H]. The number of benzene rings is 7. The van der Waals surface area contributed by atoms with Gasteiger partial charge in [0.2, 0.25) is 5.95 Å². The first kappa shape index (κ1) is 12.9. The molecule has 0 unspecified atom stereocenters. The second-order valence-corrected chi connectivity index (χ2v) is 11.9. The maximum absolute atomic E-state index is 9.64. The standard InChI is InChI=1S/C45H26N4OS/c1-3-12-27(13-4-1)30-18-11-20-37-40(30)34-23-22-29(26-38(34)50-37)44-46-43(28-14-5-2-6-15-28)47-45(48-44)49-35-19-9-7-17-33(35)41-36(49)25-24-32-31-16-8-10-21-39(31)51-42(32)41/h1-26H/i1D,2D,3D,4D,5D,6D,7D,8D,9D,10D,11D,12D,13D,14D,15D,16D,17D,18D,19D,20D,21D,22D,23D,24D,25D,26D. The molecule has 51 heavy (non-hydrogen) atoms. The van der Waals surface area contributed by atoms with Gasteiger partial charge in [0, 0.05) is 52.8 Å². The number of aromatic nitrogens is 4. The lowest BCUT2D eigenvalue weighted by atomic mass is 9.99. The van der Waals surface area contributed by atoms with Crippen molar-refractivity contribution in [3.8, 4) is 39.9 Å². The summed E-state index contributed by atoms with van der Waals surface area (Å²) in [6.07, 6.45) is 0. The molecule has 11 rings (SSSR count). The van der Waals surface area contributed by atoms with Crippen LogP contribution >= 0.6 is 11.3 Å². The Bertz CT molecular complexity index is 4610. The zero-order chi connectivity index (χ0) is 56.1. The molecule has 6 heteroatoms. The number of rotatable bonds is 4. The van der Waals surface area contributed by atoms with Crippen LogP contribution in [0.4, 0.5) is 0 Å². The number of thiophene rings is 1. The first-order valence-electron chi connectivity index (χ1n) is 27.8. The minimum Gasteiger partial charge on any atom is -0.456 e. The van der Waals surface area contributed by atoms with Gasteiger partial charge in [0.1, 0.15) is 11.2 Å². The molecular weight excluding hydrogens is 645 g/mol. The number of para-hydroxylation sites is 1. The predicted molar refractivity (Wildman–Crippen MR) is 211 cm³/mol. The van der Waals surface area contributed by atoms with Crippen molar-refractivity contribution in [2.45, 2.75) is 0 Å². The Kier molecular flexibility index (Phi) is 2.77. The molecule has 0 spiro atoms. The van der Waals surface area contributed by atoms with Gasteiger partial charge in [-0.25, -0.2) is 4.98 Å². The highest BCUT2D eigenvalue weighted by atomic mass is 32.1. The van der Waals surface area contributed by atoms with Crippen LogP contribution in [-0.4, -0.2) is 19.5 Å². The highest BCUT2D eigenvalue weighted by Gasteiger charge is 2.21. The van der Waals surface area contributed by atoms with Crippen LogP contribution in [0.1, 0.15) is 35.6 Å². The molecule has 0 fully saturated rings. The summed E-state index contributed by atoms with van der Waals surface area (Å²) >= 11 is 0.740. The topological polar surface area (TPSA) is 56.7 Å². The largest absolute Gasteiger partial charge is 0.456 e. The van der Waals surface area contributed by atoms with E-state index in [1.165, 1.54) is 0 Å². The molecule has 0 aliphatic heterocycles. The average molecular weight is 697 g/mol. The van der Waals surface area contributed by atoms with Crippen molar-refractivity contribution in [3.05, 3.63) is 157 Å². The Labute approximate surface area is 332 Å². The highest BCUT2D eigenvalue weighted by Crippen LogP contribution is 2.43. The summed E-state index contributed by atoms with van der Waals surface area (Å²) < 4.78 is 237. The van der Waals surface area contributed by atoms with Crippen molar-refractivity contribution in [1.82, 2.24) is 19.5 Å². The summed E-state index contributed by atoms with van der Waals surface area (Å²) in [6.45, 7) is 0. The molecular formula is C45H26N4OS. The summed E-state index contributed by atoms with van der Waals surface area (Å²) in [6, 6.07) is -20.6. The highest BCUT2D eigenvalue weighted by molar-refractivity contribution is 7.26. The molecule has 4 aromatic heterocycles. The van der Waals surface area contributed by atoms with Gasteiger partial charge in [0.15, 0.2) is 11.6 Å². The van der Waals surface area contributed by atoms with E-state index >= 15 is 0 Å². The lowest BCUT2D eigenvalue weighted by molar-refractivity contribution is 0.669. The number of hydrogen-bond donors (Lipinski definition) is 0. The minimum atomic E-state index is -0.944. The molecule has 0 aliphatic rings. The molecule has 4 heterocycles. The molecule has 0 atom stereocenters. The Hall–Kier alpha value is -6.63. The van der Waals surface area contributed by atoms with Gasteiger partial charge in [-0.2, -0.15) is 9.97 Å². The van der Waals surface area contributed by atoms with Gasteiger partial charge in [0.05, 0.1) is 46.7 Å². The smallest absolute Gasteiger partial charge is 0.238 e. The van der Waals surface area contributed by atoms with E-state index < -0.39 is 230 Å². The quantitative estimate of drug-likeness (QED) is 0.184. The predicted octanol–water partition coefficient (Wildman–Crippen LogP) is 12.2. The van der Waals surface area contributed by atoms with Crippen LogP contribution in [0.5, 0.6) is 0 Å². The second kappa shape index (κ2) is 10.9. The van der Waals surface area contributed by atoms with Crippen molar-refractivity contribution < 1.29 is 40.1 Å². The van der Waals surface area contributed by atoms with Crippen molar-refractivity contribution in [2.75, 3.05) is 0 Å². The Morgan fingerprint density at radius 1 is 0.490 bits per heavy atom. The minimum absolute atomic E-state index is 0.0311. The molecule has 7 aromatic carbocycles. The van der Waals surface area contributed by atoms with Gasteiger partial charge < -0.3 is 4.42 Å². The van der Waals surface area contributed by atoms with E-state index in [1.54, 1.807) is 0 Å². The van der Waals surface area contributed by atoms with Crippen LogP contribution in [0, 0.1) is 0 Å². The molecule has 0 aliphatic carbocycles. The fourth-order valence-electron chi connectivity index (χ4n) is 5.95. The number of furan rings is 1. The van der Waals surface area contributed by atoms with Crippen molar-refractivity contribution >= 4 is 75.3 Å². The van der Waals surface area contributed by atoms with Gasteiger partial charge in [-0.05, 0) is 47.4 Å². The second-order valence-electron chi connectivity index (χ2n) is 10.8. The van der Waals surface area contributed by atoms with Gasteiger partial charge >= 0.3 is 0 Å². The monoisotopic (exact) mass is 696 g/mol. The first-order chi connectivity index (χ1) is 36.1. The molecule has 238 valence electrons. The molecule has 0 saturated heterocycles. The lowest BCUT2D eigenvalue weighted by Crippen LogP contribution is -2.06. The van der Waals surface area contributed by atoms with Crippen molar-refractivity contribution in [3.63, 3.8) is 0 Å². The average Bonchev–Trinajstić information content (AvgIpc) is 4.29. The summed E-state index contributed by atoms with van der Waals surface area (Å²) in [5, 5.41) is -1.79. The Balaban J connectivity index is 1.34. The van der Waals surface area contributed by atoms with Crippen LogP contribution in [0.3, 0.4) is 0 Å². The van der Waals surface area contributed by atoms with E-state index in [0.717, 1.165) is 15.9 Å². The van der Waals surface area contributed by atoms with E-state index in [1.807, 2.05) is 0 Å². The molecule has 0 amide bonds. The molecule has 0 saturated carbocycles. The van der Waals surface area contributed by atoms with E-state index in [-0.39, 0.29) is 30.9 Å². The van der Waals surface area contributed by atoms with Crippen molar-refractivity contribution in [1.29, 1.82) is 0 Å². The molecule has 0 N–H and O–H groups in total. The van der Waals surface area contributed by atoms with Gasteiger partial charge in [-0.3, -0.25) is 4.57 Å². The molecule has 5 nitrogen and oxygen atoms in total. The zero-order valence-corrected chi connectivity index (χ0v) is 25.9. The third kappa shape index (κ3) is 4.30. The summed E-state index contributed by atoms with van der Waals surface area (Å²) in [4.78, 5) is 13.5. The summed E-state index contributed by atoms with van der Waals surface area (Å²) in [5.74, 6) is -2.40. The van der Waals surface area contributed by atoms with Crippen molar-refractivity contribution in [2.24, 2.45) is 0 Å². The maximum atomic E-state index is 9.64. The fourth-order valence-corrected chi connectivity index (χ4v) is 7.06.